The van der Waals surface area contributed by atoms with Crippen LogP contribution in [0.3, 0.4) is 0 Å². The van der Waals surface area contributed by atoms with E-state index in [4.69, 9.17) is 0 Å². The number of hydrogen-bond donors (Lipinski definition) is 2. The average molecular weight is 282 g/mol. The van der Waals surface area contributed by atoms with E-state index < -0.39 is 5.54 Å². The number of nitrogens with one attached hydrogen (secondary N) is 1. The number of nitrogens with zero attached hydrogens (tertiary/aromatic N) is 1. The summed E-state index contributed by atoms with van der Waals surface area (Å²) >= 11 is 0. The van der Waals surface area contributed by atoms with Gasteiger partial charge >= 0.3 is 0 Å². The van der Waals surface area contributed by atoms with Gasteiger partial charge < -0.3 is 15.3 Å². The van der Waals surface area contributed by atoms with E-state index >= 15 is 0 Å². The number of aliphatic hydroxyl groups excluding tert-OH is 1. The highest BCUT2D eigenvalue weighted by atomic mass is 19.1. The Hall–Kier alpha value is -0.970. The third-order valence-electron chi connectivity index (χ3n) is 3.71. The lowest BCUT2D eigenvalue weighted by atomic mass is 9.93. The lowest BCUT2D eigenvalue weighted by Gasteiger charge is -2.30. The molecule has 0 bridgehead atoms. The van der Waals surface area contributed by atoms with Gasteiger partial charge in [-0.3, -0.25) is 0 Å². The van der Waals surface area contributed by atoms with E-state index in [0.717, 1.165) is 31.7 Å². The molecular weight excluding hydrogens is 255 g/mol. The standard InChI is InChI=1S/C16H27FN2O/c1-4-19(5-2)10-9-18-16(3,13-20)12-14-7-6-8-15(17)11-14/h6-8,11,18,20H,4-5,9-10,12-13H2,1-3H3. The Bertz CT molecular complexity index is 396. The lowest BCUT2D eigenvalue weighted by Crippen LogP contribution is -2.50. The second-order valence-electron chi connectivity index (χ2n) is 5.48. The Morgan fingerprint density at radius 3 is 2.55 bits per heavy atom. The van der Waals surface area contributed by atoms with E-state index in [1.165, 1.54) is 12.1 Å². The molecule has 3 nitrogen and oxygen atoms in total. The molecule has 0 spiro atoms. The molecular formula is C16H27FN2O. The van der Waals surface area contributed by atoms with Gasteiger partial charge in [-0.15, -0.1) is 0 Å². The van der Waals surface area contributed by atoms with Crippen LogP contribution in [0.4, 0.5) is 4.39 Å². The minimum Gasteiger partial charge on any atom is -0.394 e. The highest BCUT2D eigenvalue weighted by Crippen LogP contribution is 2.14. The number of aliphatic hydroxyl groups is 1. The fraction of sp³-hybridized carbons (Fsp3) is 0.625. The number of likely N-dealkylation sites (N-methyl/N-ethyl adjacent to an activating group) is 1. The maximum Gasteiger partial charge on any atom is 0.123 e. The van der Waals surface area contributed by atoms with Crippen LogP contribution in [-0.4, -0.2) is 48.3 Å². The number of rotatable bonds is 9. The minimum absolute atomic E-state index is 0.0295. The van der Waals surface area contributed by atoms with Crippen LogP contribution in [0, 0.1) is 5.82 Å². The maximum atomic E-state index is 13.2. The van der Waals surface area contributed by atoms with Gasteiger partial charge in [0.2, 0.25) is 0 Å². The van der Waals surface area contributed by atoms with Crippen molar-refractivity contribution in [1.29, 1.82) is 0 Å². The van der Waals surface area contributed by atoms with Crippen LogP contribution in [0.15, 0.2) is 24.3 Å². The molecule has 0 saturated heterocycles. The van der Waals surface area contributed by atoms with Gasteiger partial charge in [0.25, 0.3) is 0 Å². The van der Waals surface area contributed by atoms with Crippen LogP contribution in [0.25, 0.3) is 0 Å². The Balaban J connectivity index is 2.54. The van der Waals surface area contributed by atoms with Gasteiger partial charge in [0.1, 0.15) is 5.82 Å². The molecule has 0 radical (unpaired) electrons. The van der Waals surface area contributed by atoms with Crippen molar-refractivity contribution in [2.75, 3.05) is 32.8 Å². The van der Waals surface area contributed by atoms with E-state index in [2.05, 4.69) is 24.1 Å². The van der Waals surface area contributed by atoms with Crippen molar-refractivity contribution < 1.29 is 9.50 Å². The van der Waals surface area contributed by atoms with Gasteiger partial charge in [-0.05, 0) is 44.1 Å². The molecule has 0 aliphatic heterocycles. The normalized spacial score (nSPS) is 14.5. The molecule has 1 unspecified atom stereocenters. The Morgan fingerprint density at radius 1 is 1.30 bits per heavy atom. The zero-order valence-corrected chi connectivity index (χ0v) is 12.8. The second kappa shape index (κ2) is 8.35. The second-order valence-corrected chi connectivity index (χ2v) is 5.48. The Labute approximate surface area is 121 Å². The first-order valence-corrected chi connectivity index (χ1v) is 7.35. The Morgan fingerprint density at radius 2 is 2.00 bits per heavy atom. The predicted molar refractivity (Wildman–Crippen MR) is 81.4 cm³/mol. The lowest BCUT2D eigenvalue weighted by molar-refractivity contribution is 0.167. The van der Waals surface area contributed by atoms with Gasteiger partial charge in [-0.25, -0.2) is 4.39 Å². The largest absolute Gasteiger partial charge is 0.394 e. The summed E-state index contributed by atoms with van der Waals surface area (Å²) in [7, 11) is 0. The molecule has 2 N–H and O–H groups in total. The summed E-state index contributed by atoms with van der Waals surface area (Å²) in [5, 5.41) is 13.0. The van der Waals surface area contributed by atoms with Crippen molar-refractivity contribution in [3.05, 3.63) is 35.6 Å². The summed E-state index contributed by atoms with van der Waals surface area (Å²) in [6.07, 6.45) is 0.611. The van der Waals surface area contributed by atoms with Crippen molar-refractivity contribution in [2.45, 2.75) is 32.7 Å². The zero-order chi connectivity index (χ0) is 15.0. The average Bonchev–Trinajstić information content (AvgIpc) is 2.44. The van der Waals surface area contributed by atoms with Crippen LogP contribution in [-0.2, 0) is 6.42 Å². The van der Waals surface area contributed by atoms with E-state index in [9.17, 15) is 9.50 Å². The summed E-state index contributed by atoms with van der Waals surface area (Å²) in [6.45, 7) is 10.1. The molecule has 114 valence electrons. The third kappa shape index (κ3) is 5.57. The number of halogens is 1. The van der Waals surface area contributed by atoms with Gasteiger partial charge in [-0.1, -0.05) is 26.0 Å². The summed E-state index contributed by atoms with van der Waals surface area (Å²) in [6, 6.07) is 6.56. The molecule has 0 aliphatic rings. The minimum atomic E-state index is -0.416. The quantitative estimate of drug-likeness (QED) is 0.727. The molecule has 0 fully saturated rings. The van der Waals surface area contributed by atoms with E-state index in [-0.39, 0.29) is 12.4 Å². The topological polar surface area (TPSA) is 35.5 Å². The molecule has 0 aromatic heterocycles. The summed E-state index contributed by atoms with van der Waals surface area (Å²) in [5.74, 6) is -0.231. The summed E-state index contributed by atoms with van der Waals surface area (Å²) in [4.78, 5) is 2.33. The summed E-state index contributed by atoms with van der Waals surface area (Å²) < 4.78 is 13.2. The van der Waals surface area contributed by atoms with Crippen molar-refractivity contribution in [2.24, 2.45) is 0 Å². The first-order chi connectivity index (χ1) is 9.53. The molecule has 0 heterocycles. The Kier molecular flexibility index (Phi) is 7.13. The van der Waals surface area contributed by atoms with Crippen LogP contribution in [0.1, 0.15) is 26.3 Å². The van der Waals surface area contributed by atoms with Crippen molar-refractivity contribution in [1.82, 2.24) is 10.2 Å². The molecule has 20 heavy (non-hydrogen) atoms. The molecule has 1 aromatic rings. The maximum absolute atomic E-state index is 13.2. The van der Waals surface area contributed by atoms with Gasteiger partial charge in [0.15, 0.2) is 0 Å². The predicted octanol–water partition coefficient (Wildman–Crippen LogP) is 2.05. The van der Waals surface area contributed by atoms with E-state index in [0.29, 0.717) is 6.42 Å². The van der Waals surface area contributed by atoms with Crippen LogP contribution >= 0.6 is 0 Å². The first-order valence-electron chi connectivity index (χ1n) is 7.35. The van der Waals surface area contributed by atoms with Crippen molar-refractivity contribution in [3.8, 4) is 0 Å². The van der Waals surface area contributed by atoms with E-state index in [1.807, 2.05) is 13.0 Å². The summed E-state index contributed by atoms with van der Waals surface area (Å²) in [5.41, 5.74) is 0.484. The molecule has 0 saturated carbocycles. The van der Waals surface area contributed by atoms with Crippen molar-refractivity contribution in [3.63, 3.8) is 0 Å². The third-order valence-corrected chi connectivity index (χ3v) is 3.71. The van der Waals surface area contributed by atoms with Gasteiger partial charge in [0.05, 0.1) is 6.61 Å². The van der Waals surface area contributed by atoms with E-state index in [1.54, 1.807) is 6.07 Å². The SMILES string of the molecule is CCN(CC)CCNC(C)(CO)Cc1cccc(F)c1. The fourth-order valence-corrected chi connectivity index (χ4v) is 2.33. The van der Waals surface area contributed by atoms with Crippen LogP contribution in [0.2, 0.25) is 0 Å². The molecule has 0 amide bonds. The number of benzene rings is 1. The molecule has 1 rings (SSSR count). The number of hydrogen-bond acceptors (Lipinski definition) is 3. The van der Waals surface area contributed by atoms with Gasteiger partial charge in [0, 0.05) is 18.6 Å². The molecule has 1 aromatic carbocycles. The molecule has 0 aliphatic carbocycles. The van der Waals surface area contributed by atoms with Gasteiger partial charge in [-0.2, -0.15) is 0 Å². The van der Waals surface area contributed by atoms with Crippen LogP contribution < -0.4 is 5.32 Å². The monoisotopic (exact) mass is 282 g/mol. The fourth-order valence-electron chi connectivity index (χ4n) is 2.33. The first kappa shape index (κ1) is 17.1. The molecule has 4 heteroatoms. The van der Waals surface area contributed by atoms with Crippen LogP contribution in [0.5, 0.6) is 0 Å². The smallest absolute Gasteiger partial charge is 0.123 e. The highest BCUT2D eigenvalue weighted by Gasteiger charge is 2.23. The van der Waals surface area contributed by atoms with Crippen molar-refractivity contribution >= 4 is 0 Å². The molecule has 1 atom stereocenters. The zero-order valence-electron chi connectivity index (χ0n) is 12.8. The highest BCUT2D eigenvalue weighted by molar-refractivity contribution is 5.19.